The molecule has 1 aromatic heterocycles. The minimum absolute atomic E-state index is 0.0464. The van der Waals surface area contributed by atoms with E-state index in [1.54, 1.807) is 7.05 Å². The highest BCUT2D eigenvalue weighted by molar-refractivity contribution is 7.99. The smallest absolute Gasteiger partial charge is 0.319 e. The number of anilines is 1. The van der Waals surface area contributed by atoms with E-state index in [0.717, 1.165) is 0 Å². The zero-order valence-electron chi connectivity index (χ0n) is 9.58. The predicted molar refractivity (Wildman–Crippen MR) is 65.2 cm³/mol. The summed E-state index contributed by atoms with van der Waals surface area (Å²) >= 11 is 1.24. The lowest BCUT2D eigenvalue weighted by Crippen LogP contribution is -2.05. The Morgan fingerprint density at radius 1 is 1.71 bits per heavy atom. The van der Waals surface area contributed by atoms with Crippen LogP contribution in [0.5, 0.6) is 0 Å². The normalized spacial score (nSPS) is 12.2. The SMILES string of the molecule is CNc1ncc([N+](=O)[O-])c(SCC(C)CO)n1. The van der Waals surface area contributed by atoms with Gasteiger partial charge in [0.15, 0.2) is 5.03 Å². The number of thioether (sulfide) groups is 1. The molecule has 1 atom stereocenters. The van der Waals surface area contributed by atoms with E-state index < -0.39 is 4.92 Å². The van der Waals surface area contributed by atoms with E-state index in [-0.39, 0.29) is 18.2 Å². The third-order valence-electron chi connectivity index (χ3n) is 1.97. The van der Waals surface area contributed by atoms with E-state index in [1.807, 2.05) is 6.92 Å². The van der Waals surface area contributed by atoms with E-state index in [0.29, 0.717) is 16.7 Å². The van der Waals surface area contributed by atoms with E-state index in [4.69, 9.17) is 5.11 Å². The van der Waals surface area contributed by atoms with Gasteiger partial charge in [0.25, 0.3) is 0 Å². The first-order valence-corrected chi connectivity index (χ1v) is 5.99. The average molecular weight is 258 g/mol. The van der Waals surface area contributed by atoms with Crippen LogP contribution in [-0.4, -0.2) is 39.4 Å². The van der Waals surface area contributed by atoms with Crippen LogP contribution in [0.2, 0.25) is 0 Å². The Hall–Kier alpha value is -1.41. The molecule has 94 valence electrons. The van der Waals surface area contributed by atoms with E-state index >= 15 is 0 Å². The maximum absolute atomic E-state index is 10.8. The number of rotatable bonds is 6. The van der Waals surface area contributed by atoms with Crippen LogP contribution in [-0.2, 0) is 0 Å². The summed E-state index contributed by atoms with van der Waals surface area (Å²) in [5.74, 6) is 0.972. The van der Waals surface area contributed by atoms with Crippen molar-refractivity contribution >= 4 is 23.4 Å². The van der Waals surface area contributed by atoms with Gasteiger partial charge in [-0.3, -0.25) is 10.1 Å². The lowest BCUT2D eigenvalue weighted by atomic mass is 10.2. The van der Waals surface area contributed by atoms with E-state index in [2.05, 4.69) is 15.3 Å². The van der Waals surface area contributed by atoms with Gasteiger partial charge < -0.3 is 10.4 Å². The third kappa shape index (κ3) is 3.82. The lowest BCUT2D eigenvalue weighted by Gasteiger charge is -2.07. The van der Waals surface area contributed by atoms with Gasteiger partial charge >= 0.3 is 5.69 Å². The molecule has 8 heteroatoms. The van der Waals surface area contributed by atoms with Crippen molar-refractivity contribution in [1.82, 2.24) is 9.97 Å². The van der Waals surface area contributed by atoms with Crippen LogP contribution in [0.25, 0.3) is 0 Å². The minimum Gasteiger partial charge on any atom is -0.396 e. The number of aliphatic hydroxyl groups excluding tert-OH is 1. The molecule has 0 saturated carbocycles. The number of nitrogens with one attached hydrogen (secondary N) is 1. The molecule has 0 amide bonds. The van der Waals surface area contributed by atoms with Gasteiger partial charge in [0, 0.05) is 19.4 Å². The molecule has 17 heavy (non-hydrogen) atoms. The maximum atomic E-state index is 10.8. The van der Waals surface area contributed by atoms with Crippen LogP contribution >= 0.6 is 11.8 Å². The summed E-state index contributed by atoms with van der Waals surface area (Å²) in [7, 11) is 1.64. The fraction of sp³-hybridized carbons (Fsp3) is 0.556. The number of nitro groups is 1. The standard InChI is InChI=1S/C9H14N4O3S/c1-6(4-14)5-17-8-7(13(15)16)3-11-9(10-2)12-8/h3,6,14H,4-5H2,1-2H3,(H,10,11,12). The summed E-state index contributed by atoms with van der Waals surface area (Å²) in [6.45, 7) is 1.91. The van der Waals surface area contributed by atoms with Crippen molar-refractivity contribution in [1.29, 1.82) is 0 Å². The molecule has 1 rings (SSSR count). The second-order valence-corrected chi connectivity index (χ2v) is 4.50. The van der Waals surface area contributed by atoms with Crippen molar-refractivity contribution in [2.45, 2.75) is 11.9 Å². The van der Waals surface area contributed by atoms with Crippen molar-refractivity contribution in [3.8, 4) is 0 Å². The molecular formula is C9H14N4O3S. The largest absolute Gasteiger partial charge is 0.396 e. The number of aromatic nitrogens is 2. The van der Waals surface area contributed by atoms with Crippen molar-refractivity contribution in [2.75, 3.05) is 24.7 Å². The number of nitrogens with zero attached hydrogens (tertiary/aromatic N) is 3. The Bertz CT molecular complexity index is 402. The summed E-state index contributed by atoms with van der Waals surface area (Å²) in [5, 5.41) is 22.7. The second-order valence-electron chi connectivity index (χ2n) is 3.49. The van der Waals surface area contributed by atoms with E-state index in [1.165, 1.54) is 18.0 Å². The van der Waals surface area contributed by atoms with Crippen molar-refractivity contribution in [3.05, 3.63) is 16.3 Å². The Morgan fingerprint density at radius 2 is 2.41 bits per heavy atom. The van der Waals surface area contributed by atoms with Crippen LogP contribution in [0.4, 0.5) is 11.6 Å². The van der Waals surface area contributed by atoms with Gasteiger partial charge in [0.05, 0.1) is 4.92 Å². The van der Waals surface area contributed by atoms with Crippen molar-refractivity contribution in [2.24, 2.45) is 5.92 Å². The van der Waals surface area contributed by atoms with Gasteiger partial charge in [-0.15, -0.1) is 0 Å². The van der Waals surface area contributed by atoms with Crippen LogP contribution in [0.15, 0.2) is 11.2 Å². The van der Waals surface area contributed by atoms with Gasteiger partial charge in [0.1, 0.15) is 6.20 Å². The highest BCUT2D eigenvalue weighted by Gasteiger charge is 2.18. The Balaban J connectivity index is 2.89. The summed E-state index contributed by atoms with van der Waals surface area (Å²) in [6.07, 6.45) is 1.19. The monoisotopic (exact) mass is 258 g/mol. The highest BCUT2D eigenvalue weighted by atomic mass is 32.2. The van der Waals surface area contributed by atoms with Gasteiger partial charge in [-0.1, -0.05) is 18.7 Å². The van der Waals surface area contributed by atoms with Gasteiger partial charge in [-0.25, -0.2) is 4.98 Å². The van der Waals surface area contributed by atoms with Gasteiger partial charge in [-0.05, 0) is 5.92 Å². The topological polar surface area (TPSA) is 101 Å². The molecule has 1 unspecified atom stereocenters. The lowest BCUT2D eigenvalue weighted by molar-refractivity contribution is -0.388. The first-order valence-electron chi connectivity index (χ1n) is 5.01. The number of hydrogen-bond donors (Lipinski definition) is 2. The van der Waals surface area contributed by atoms with Crippen molar-refractivity contribution < 1.29 is 10.0 Å². The molecule has 0 saturated heterocycles. The summed E-state index contributed by atoms with van der Waals surface area (Å²) in [4.78, 5) is 18.1. The quantitative estimate of drug-likeness (QED) is 0.341. The van der Waals surface area contributed by atoms with Gasteiger partial charge in [-0.2, -0.15) is 4.98 Å². The minimum atomic E-state index is -0.509. The number of hydrogen-bond acceptors (Lipinski definition) is 7. The Kier molecular flexibility index (Phi) is 5.11. The second kappa shape index (κ2) is 6.36. The molecule has 0 aliphatic heterocycles. The van der Waals surface area contributed by atoms with Crippen LogP contribution in [0.3, 0.4) is 0 Å². The highest BCUT2D eigenvalue weighted by Crippen LogP contribution is 2.28. The molecule has 0 spiro atoms. The molecule has 0 aromatic carbocycles. The predicted octanol–water partition coefficient (Wildman–Crippen LogP) is 1.15. The third-order valence-corrected chi connectivity index (χ3v) is 3.28. The molecular weight excluding hydrogens is 244 g/mol. The van der Waals surface area contributed by atoms with Gasteiger partial charge in [0.2, 0.25) is 5.95 Å². The zero-order valence-corrected chi connectivity index (χ0v) is 10.4. The van der Waals surface area contributed by atoms with Crippen molar-refractivity contribution in [3.63, 3.8) is 0 Å². The molecule has 0 aliphatic rings. The molecule has 0 radical (unpaired) electrons. The zero-order chi connectivity index (χ0) is 12.8. The fourth-order valence-electron chi connectivity index (χ4n) is 0.986. The summed E-state index contributed by atoms with van der Waals surface area (Å²) in [6, 6.07) is 0. The fourth-order valence-corrected chi connectivity index (χ4v) is 1.96. The Morgan fingerprint density at radius 3 is 2.94 bits per heavy atom. The summed E-state index contributed by atoms with van der Waals surface area (Å²) in [5.41, 5.74) is -0.112. The van der Waals surface area contributed by atoms with Crippen LogP contribution in [0, 0.1) is 16.0 Å². The average Bonchev–Trinajstić information content (AvgIpc) is 2.35. The van der Waals surface area contributed by atoms with E-state index in [9.17, 15) is 10.1 Å². The van der Waals surface area contributed by atoms with Crippen LogP contribution in [0.1, 0.15) is 6.92 Å². The first kappa shape index (κ1) is 13.7. The van der Waals surface area contributed by atoms with Crippen LogP contribution < -0.4 is 5.32 Å². The maximum Gasteiger partial charge on any atom is 0.319 e. The molecule has 1 heterocycles. The molecule has 7 nitrogen and oxygen atoms in total. The Labute approximate surface area is 103 Å². The number of aliphatic hydroxyl groups is 1. The molecule has 2 N–H and O–H groups in total. The molecule has 0 bridgehead atoms. The molecule has 1 aromatic rings. The molecule has 0 aliphatic carbocycles. The first-order chi connectivity index (χ1) is 8.08. The molecule has 0 fully saturated rings. The summed E-state index contributed by atoms with van der Waals surface area (Å²) < 4.78 is 0.